The van der Waals surface area contributed by atoms with E-state index in [0.29, 0.717) is 0 Å². The maximum atomic E-state index is 10.5. The fraction of sp³-hybridized carbons (Fsp3) is 0.462. The van der Waals surface area contributed by atoms with Gasteiger partial charge in [0.2, 0.25) is 6.08 Å². The van der Waals surface area contributed by atoms with Crippen LogP contribution in [0.25, 0.3) is 0 Å². The van der Waals surface area contributed by atoms with Gasteiger partial charge >= 0.3 is 0 Å². The van der Waals surface area contributed by atoms with Gasteiger partial charge in [0.1, 0.15) is 5.75 Å². The van der Waals surface area contributed by atoms with Crippen LogP contribution in [0.2, 0.25) is 0 Å². The SMILES string of the molecule is Cc1cc(C2(N=C=O)CCC2)cc(O)c1C. The number of hydrogen-bond acceptors (Lipinski definition) is 3. The second-order valence-corrected chi connectivity index (χ2v) is 4.53. The quantitative estimate of drug-likeness (QED) is 0.611. The first-order valence-electron chi connectivity index (χ1n) is 5.49. The van der Waals surface area contributed by atoms with E-state index in [9.17, 15) is 9.90 Å². The molecule has 0 aliphatic heterocycles. The van der Waals surface area contributed by atoms with Crippen molar-refractivity contribution < 1.29 is 9.90 Å². The van der Waals surface area contributed by atoms with Crippen LogP contribution in [-0.2, 0) is 10.3 Å². The number of phenols is 1. The van der Waals surface area contributed by atoms with E-state index in [1.807, 2.05) is 19.9 Å². The van der Waals surface area contributed by atoms with Gasteiger partial charge in [0.05, 0.1) is 5.54 Å². The number of benzene rings is 1. The maximum Gasteiger partial charge on any atom is 0.235 e. The highest BCUT2D eigenvalue weighted by Gasteiger charge is 2.39. The summed E-state index contributed by atoms with van der Waals surface area (Å²) in [5.74, 6) is 0.280. The number of rotatable bonds is 2. The summed E-state index contributed by atoms with van der Waals surface area (Å²) in [6.07, 6.45) is 4.45. The zero-order valence-electron chi connectivity index (χ0n) is 9.58. The van der Waals surface area contributed by atoms with Gasteiger partial charge in [-0.15, -0.1) is 0 Å². The van der Waals surface area contributed by atoms with Crippen molar-refractivity contribution in [3.8, 4) is 5.75 Å². The van der Waals surface area contributed by atoms with Crippen LogP contribution >= 0.6 is 0 Å². The van der Waals surface area contributed by atoms with Crippen molar-refractivity contribution in [2.24, 2.45) is 4.99 Å². The van der Waals surface area contributed by atoms with Crippen LogP contribution in [-0.4, -0.2) is 11.2 Å². The van der Waals surface area contributed by atoms with Crippen molar-refractivity contribution in [3.63, 3.8) is 0 Å². The summed E-state index contributed by atoms with van der Waals surface area (Å²) >= 11 is 0. The minimum absolute atomic E-state index is 0.280. The standard InChI is InChI=1S/C13H15NO2/c1-9-6-11(7-12(16)10(9)2)13(14-8-15)4-3-5-13/h6-7,16H,3-5H2,1-2H3. The van der Waals surface area contributed by atoms with E-state index in [1.54, 1.807) is 12.1 Å². The first-order valence-corrected chi connectivity index (χ1v) is 5.49. The molecule has 0 radical (unpaired) electrons. The Labute approximate surface area is 94.8 Å². The number of aliphatic imine (C=N–C) groups is 1. The monoisotopic (exact) mass is 217 g/mol. The number of hydrogen-bond donors (Lipinski definition) is 1. The molecule has 0 aromatic heterocycles. The average Bonchev–Trinajstić information content (AvgIpc) is 2.19. The summed E-state index contributed by atoms with van der Waals surface area (Å²) in [5, 5.41) is 9.79. The van der Waals surface area contributed by atoms with Gasteiger partial charge in [0, 0.05) is 0 Å². The van der Waals surface area contributed by atoms with Crippen LogP contribution < -0.4 is 0 Å². The van der Waals surface area contributed by atoms with Gasteiger partial charge in [-0.1, -0.05) is 6.07 Å². The Hall–Kier alpha value is -1.60. The maximum absolute atomic E-state index is 10.5. The topological polar surface area (TPSA) is 49.7 Å². The van der Waals surface area contributed by atoms with Crippen molar-refractivity contribution in [2.45, 2.75) is 38.6 Å². The molecule has 0 bridgehead atoms. The Bertz CT molecular complexity index is 446. The predicted molar refractivity (Wildman–Crippen MR) is 61.2 cm³/mol. The van der Waals surface area contributed by atoms with Gasteiger partial charge in [-0.3, -0.25) is 0 Å². The molecule has 1 aliphatic carbocycles. The zero-order valence-corrected chi connectivity index (χ0v) is 9.58. The summed E-state index contributed by atoms with van der Waals surface area (Å²) in [4.78, 5) is 14.4. The number of isocyanates is 1. The fourth-order valence-electron chi connectivity index (χ4n) is 2.17. The molecule has 3 nitrogen and oxygen atoms in total. The highest BCUT2D eigenvalue weighted by atomic mass is 16.3. The number of carbonyl (C=O) groups excluding carboxylic acids is 1. The van der Waals surface area contributed by atoms with Crippen LogP contribution in [0.5, 0.6) is 5.75 Å². The van der Waals surface area contributed by atoms with E-state index >= 15 is 0 Å². The van der Waals surface area contributed by atoms with E-state index in [-0.39, 0.29) is 5.75 Å². The molecular weight excluding hydrogens is 202 g/mol. The first kappa shape index (κ1) is 10.9. The molecule has 1 aromatic carbocycles. The second-order valence-electron chi connectivity index (χ2n) is 4.53. The van der Waals surface area contributed by atoms with Crippen molar-refractivity contribution in [2.75, 3.05) is 0 Å². The lowest BCUT2D eigenvalue weighted by Crippen LogP contribution is -2.31. The van der Waals surface area contributed by atoms with Crippen molar-refractivity contribution in [3.05, 3.63) is 28.8 Å². The van der Waals surface area contributed by atoms with Gasteiger partial charge in [-0.05, 0) is 55.9 Å². The van der Waals surface area contributed by atoms with Crippen LogP contribution in [0.1, 0.15) is 36.0 Å². The largest absolute Gasteiger partial charge is 0.508 e. The molecule has 3 heteroatoms. The Morgan fingerprint density at radius 3 is 2.50 bits per heavy atom. The molecule has 1 aliphatic rings. The summed E-state index contributed by atoms with van der Waals surface area (Å²) in [6, 6.07) is 3.73. The third kappa shape index (κ3) is 1.54. The van der Waals surface area contributed by atoms with Gasteiger partial charge in [0.15, 0.2) is 0 Å². The molecule has 1 saturated carbocycles. The molecule has 0 saturated heterocycles. The van der Waals surface area contributed by atoms with E-state index in [0.717, 1.165) is 36.0 Å². The van der Waals surface area contributed by atoms with Gasteiger partial charge < -0.3 is 5.11 Å². The van der Waals surface area contributed by atoms with E-state index < -0.39 is 5.54 Å². The molecule has 16 heavy (non-hydrogen) atoms. The van der Waals surface area contributed by atoms with E-state index in [2.05, 4.69) is 4.99 Å². The second kappa shape index (κ2) is 3.76. The van der Waals surface area contributed by atoms with Crippen LogP contribution in [0.4, 0.5) is 0 Å². The Morgan fingerprint density at radius 2 is 2.06 bits per heavy atom. The molecule has 1 aromatic rings. The molecular formula is C13H15NO2. The lowest BCUT2D eigenvalue weighted by Gasteiger charge is -2.37. The number of aryl methyl sites for hydroxylation is 1. The number of nitrogens with zero attached hydrogens (tertiary/aromatic N) is 1. The van der Waals surface area contributed by atoms with E-state index in [1.165, 1.54) is 0 Å². The Morgan fingerprint density at radius 1 is 1.38 bits per heavy atom. The van der Waals surface area contributed by atoms with Gasteiger partial charge in [-0.2, -0.15) is 4.99 Å². The molecule has 0 atom stereocenters. The minimum atomic E-state index is -0.419. The highest BCUT2D eigenvalue weighted by Crippen LogP contribution is 2.46. The smallest absolute Gasteiger partial charge is 0.235 e. The summed E-state index contributed by atoms with van der Waals surface area (Å²) in [5.41, 5.74) is 2.43. The first-order chi connectivity index (χ1) is 7.59. The van der Waals surface area contributed by atoms with Crippen molar-refractivity contribution in [1.29, 1.82) is 0 Å². The summed E-state index contributed by atoms with van der Waals surface area (Å²) in [6.45, 7) is 3.83. The number of phenolic OH excluding ortho intramolecular Hbond substituents is 1. The zero-order chi connectivity index (χ0) is 11.8. The van der Waals surface area contributed by atoms with Crippen molar-refractivity contribution >= 4 is 6.08 Å². The van der Waals surface area contributed by atoms with E-state index in [4.69, 9.17) is 0 Å². The fourth-order valence-corrected chi connectivity index (χ4v) is 2.17. The molecule has 0 heterocycles. The molecule has 1 N–H and O–H groups in total. The van der Waals surface area contributed by atoms with Gasteiger partial charge in [-0.25, -0.2) is 4.79 Å². The minimum Gasteiger partial charge on any atom is -0.508 e. The molecule has 1 fully saturated rings. The van der Waals surface area contributed by atoms with Crippen LogP contribution in [0, 0.1) is 13.8 Å². The third-order valence-corrected chi connectivity index (χ3v) is 3.62. The number of aromatic hydroxyl groups is 1. The lowest BCUT2D eigenvalue weighted by atomic mass is 9.72. The van der Waals surface area contributed by atoms with Crippen LogP contribution in [0.3, 0.4) is 0 Å². The summed E-state index contributed by atoms with van der Waals surface area (Å²) in [7, 11) is 0. The molecule has 84 valence electrons. The Kier molecular flexibility index (Phi) is 2.56. The highest BCUT2D eigenvalue weighted by molar-refractivity contribution is 5.46. The molecule has 0 amide bonds. The third-order valence-electron chi connectivity index (χ3n) is 3.62. The predicted octanol–water partition coefficient (Wildman–Crippen LogP) is 2.72. The summed E-state index contributed by atoms with van der Waals surface area (Å²) < 4.78 is 0. The normalized spacial score (nSPS) is 17.4. The van der Waals surface area contributed by atoms with Gasteiger partial charge in [0.25, 0.3) is 0 Å². The molecule has 0 spiro atoms. The molecule has 0 unspecified atom stereocenters. The average molecular weight is 217 g/mol. The van der Waals surface area contributed by atoms with Crippen LogP contribution in [0.15, 0.2) is 17.1 Å². The molecule has 2 rings (SSSR count). The Balaban J connectivity index is 2.51. The van der Waals surface area contributed by atoms with Crippen molar-refractivity contribution in [1.82, 2.24) is 0 Å². The lowest BCUT2D eigenvalue weighted by molar-refractivity contribution is 0.255.